The molecule has 21 heavy (non-hydrogen) atoms. The van der Waals surface area contributed by atoms with Gasteiger partial charge in [0.2, 0.25) is 0 Å². The van der Waals surface area contributed by atoms with Crippen LogP contribution in [0.15, 0.2) is 30.3 Å². The highest BCUT2D eigenvalue weighted by molar-refractivity contribution is 7.91. The molecule has 0 aliphatic rings. The van der Waals surface area contributed by atoms with E-state index >= 15 is 0 Å². The third kappa shape index (κ3) is 7.63. The van der Waals surface area contributed by atoms with Crippen molar-refractivity contribution in [3.8, 4) is 0 Å². The number of hydrogen-bond acceptors (Lipinski definition) is 3. The minimum atomic E-state index is -2.82. The molecule has 1 unspecified atom stereocenters. The molecule has 0 aliphatic heterocycles. The summed E-state index contributed by atoms with van der Waals surface area (Å²) in [6, 6.07) is 10.5. The van der Waals surface area contributed by atoms with Crippen LogP contribution in [0, 0.1) is 0 Å². The minimum absolute atomic E-state index is 0.257. The first-order valence-corrected chi connectivity index (χ1v) is 9.87. The van der Waals surface area contributed by atoms with Crippen molar-refractivity contribution in [1.82, 2.24) is 5.32 Å². The Hall–Kier alpha value is -0.870. The van der Waals surface area contributed by atoms with E-state index in [-0.39, 0.29) is 5.75 Å². The first-order valence-electron chi connectivity index (χ1n) is 8.05. The summed E-state index contributed by atoms with van der Waals surface area (Å²) in [7, 11) is -2.82. The van der Waals surface area contributed by atoms with Crippen LogP contribution in [0.4, 0.5) is 0 Å². The molecule has 1 N–H and O–H groups in total. The molecule has 0 saturated heterocycles. The van der Waals surface area contributed by atoms with E-state index < -0.39 is 9.84 Å². The first-order chi connectivity index (χ1) is 10.1. The summed E-state index contributed by atoms with van der Waals surface area (Å²) in [5.41, 5.74) is 1.35. The average molecular weight is 311 g/mol. The summed E-state index contributed by atoms with van der Waals surface area (Å²) in [6.45, 7) is 5.89. The molecule has 4 heteroatoms. The van der Waals surface area contributed by atoms with Crippen LogP contribution in [0.1, 0.15) is 51.0 Å². The number of sulfone groups is 1. The molecule has 0 fully saturated rings. The molecule has 0 spiro atoms. The zero-order valence-corrected chi connectivity index (χ0v) is 14.2. The Morgan fingerprint density at radius 3 is 2.43 bits per heavy atom. The van der Waals surface area contributed by atoms with Crippen molar-refractivity contribution >= 4 is 9.84 Å². The summed E-state index contributed by atoms with van der Waals surface area (Å²) < 4.78 is 23.0. The van der Waals surface area contributed by atoms with Gasteiger partial charge in [0, 0.05) is 12.3 Å². The Morgan fingerprint density at radius 2 is 1.81 bits per heavy atom. The topological polar surface area (TPSA) is 46.2 Å². The highest BCUT2D eigenvalue weighted by Gasteiger charge is 2.12. The zero-order chi connectivity index (χ0) is 15.6. The lowest BCUT2D eigenvalue weighted by Gasteiger charge is -2.18. The number of benzene rings is 1. The maximum atomic E-state index is 11.5. The lowest BCUT2D eigenvalue weighted by atomic mass is 9.93. The second-order valence-electron chi connectivity index (χ2n) is 5.54. The third-order valence-electron chi connectivity index (χ3n) is 3.79. The number of hydrogen-bond donors (Lipinski definition) is 1. The van der Waals surface area contributed by atoms with Crippen LogP contribution >= 0.6 is 0 Å². The molecule has 120 valence electrons. The molecule has 0 saturated carbocycles. The highest BCUT2D eigenvalue weighted by atomic mass is 32.2. The molecule has 0 heterocycles. The largest absolute Gasteiger partial charge is 0.316 e. The Bertz CT molecular complexity index is 471. The fourth-order valence-corrected chi connectivity index (χ4v) is 3.35. The van der Waals surface area contributed by atoms with Gasteiger partial charge in [0.15, 0.2) is 0 Å². The van der Waals surface area contributed by atoms with Crippen LogP contribution < -0.4 is 5.32 Å². The molecule has 0 amide bonds. The fraction of sp³-hybridized carbons (Fsp3) is 0.647. The molecule has 0 radical (unpaired) electrons. The normalized spacial score (nSPS) is 13.2. The predicted octanol–water partition coefficient (Wildman–Crippen LogP) is 3.37. The monoisotopic (exact) mass is 311 g/mol. The van der Waals surface area contributed by atoms with Gasteiger partial charge >= 0.3 is 0 Å². The highest BCUT2D eigenvalue weighted by Crippen LogP contribution is 2.21. The van der Waals surface area contributed by atoms with E-state index in [0.717, 1.165) is 38.8 Å². The van der Waals surface area contributed by atoms with Crippen molar-refractivity contribution in [3.05, 3.63) is 35.9 Å². The van der Waals surface area contributed by atoms with Crippen molar-refractivity contribution in [2.75, 3.05) is 24.6 Å². The van der Waals surface area contributed by atoms with Crippen LogP contribution in [0.5, 0.6) is 0 Å². The fourth-order valence-electron chi connectivity index (χ4n) is 2.42. The van der Waals surface area contributed by atoms with Crippen LogP contribution in [0.3, 0.4) is 0 Å². The van der Waals surface area contributed by atoms with Gasteiger partial charge in [-0.2, -0.15) is 0 Å². The lowest BCUT2D eigenvalue weighted by molar-refractivity contribution is 0.526. The SMILES string of the molecule is CCCNCC(CCCCS(=O)(=O)CC)c1ccccc1. The molecule has 3 nitrogen and oxygen atoms in total. The summed E-state index contributed by atoms with van der Waals surface area (Å²) >= 11 is 0. The lowest BCUT2D eigenvalue weighted by Crippen LogP contribution is -2.22. The van der Waals surface area contributed by atoms with Crippen LogP contribution in [-0.4, -0.2) is 33.0 Å². The van der Waals surface area contributed by atoms with E-state index in [1.165, 1.54) is 5.56 Å². The van der Waals surface area contributed by atoms with Gasteiger partial charge in [0.1, 0.15) is 9.84 Å². The van der Waals surface area contributed by atoms with E-state index in [9.17, 15) is 8.42 Å². The van der Waals surface area contributed by atoms with Crippen molar-refractivity contribution in [1.29, 1.82) is 0 Å². The molecule has 1 aromatic rings. The molecule has 0 bridgehead atoms. The van der Waals surface area contributed by atoms with E-state index in [4.69, 9.17) is 0 Å². The second kappa shape index (κ2) is 9.96. The smallest absolute Gasteiger partial charge is 0.150 e. The second-order valence-corrected chi connectivity index (χ2v) is 8.02. The van der Waals surface area contributed by atoms with E-state index in [1.54, 1.807) is 6.92 Å². The minimum Gasteiger partial charge on any atom is -0.316 e. The quantitative estimate of drug-likeness (QED) is 0.637. The number of rotatable bonds is 11. The van der Waals surface area contributed by atoms with Crippen molar-refractivity contribution in [3.63, 3.8) is 0 Å². The van der Waals surface area contributed by atoms with Crippen molar-refractivity contribution in [2.24, 2.45) is 0 Å². The van der Waals surface area contributed by atoms with Crippen LogP contribution in [0.2, 0.25) is 0 Å². The molecular weight excluding hydrogens is 282 g/mol. The first kappa shape index (κ1) is 18.2. The standard InChI is InChI=1S/C17H29NO2S/c1-3-13-18-15-17(16-10-6-5-7-11-16)12-8-9-14-21(19,20)4-2/h5-7,10-11,17-18H,3-4,8-9,12-15H2,1-2H3. The Kier molecular flexibility index (Phi) is 8.62. The van der Waals surface area contributed by atoms with Gasteiger partial charge in [0.05, 0.1) is 5.75 Å². The van der Waals surface area contributed by atoms with Crippen molar-refractivity contribution in [2.45, 2.75) is 45.4 Å². The molecule has 0 aromatic heterocycles. The van der Waals surface area contributed by atoms with Gasteiger partial charge in [-0.15, -0.1) is 0 Å². The molecule has 1 aromatic carbocycles. The maximum absolute atomic E-state index is 11.5. The molecular formula is C17H29NO2S. The van der Waals surface area contributed by atoms with E-state index in [0.29, 0.717) is 11.7 Å². The van der Waals surface area contributed by atoms with Gasteiger partial charge in [-0.3, -0.25) is 0 Å². The Morgan fingerprint density at radius 1 is 1.10 bits per heavy atom. The van der Waals surface area contributed by atoms with Gasteiger partial charge in [0.25, 0.3) is 0 Å². The van der Waals surface area contributed by atoms with E-state index in [2.05, 4.69) is 36.5 Å². The van der Waals surface area contributed by atoms with Gasteiger partial charge in [-0.05, 0) is 37.3 Å². The summed E-state index contributed by atoms with van der Waals surface area (Å²) in [5.74, 6) is 1.06. The van der Waals surface area contributed by atoms with Crippen molar-refractivity contribution < 1.29 is 8.42 Å². The number of nitrogens with one attached hydrogen (secondary N) is 1. The summed E-state index contributed by atoms with van der Waals surface area (Å²) in [6.07, 6.45) is 3.91. The van der Waals surface area contributed by atoms with Crippen LogP contribution in [-0.2, 0) is 9.84 Å². The molecule has 1 atom stereocenters. The Balaban J connectivity index is 2.46. The molecule has 0 aliphatic carbocycles. The third-order valence-corrected chi connectivity index (χ3v) is 5.58. The van der Waals surface area contributed by atoms with Gasteiger partial charge in [-0.25, -0.2) is 8.42 Å². The average Bonchev–Trinajstić information content (AvgIpc) is 2.50. The van der Waals surface area contributed by atoms with Gasteiger partial charge < -0.3 is 5.32 Å². The molecule has 1 rings (SSSR count). The number of unbranched alkanes of at least 4 members (excludes halogenated alkanes) is 1. The predicted molar refractivity (Wildman–Crippen MR) is 90.5 cm³/mol. The summed E-state index contributed by atoms with van der Waals surface area (Å²) in [5, 5.41) is 3.48. The zero-order valence-electron chi connectivity index (χ0n) is 13.3. The summed E-state index contributed by atoms with van der Waals surface area (Å²) in [4.78, 5) is 0. The Labute approximate surface area is 130 Å². The maximum Gasteiger partial charge on any atom is 0.150 e. The van der Waals surface area contributed by atoms with Gasteiger partial charge in [-0.1, -0.05) is 50.6 Å². The van der Waals surface area contributed by atoms with E-state index in [1.807, 2.05) is 6.07 Å². The van der Waals surface area contributed by atoms with Crippen LogP contribution in [0.25, 0.3) is 0 Å².